The predicted molar refractivity (Wildman–Crippen MR) is 75.8 cm³/mol. The summed E-state index contributed by atoms with van der Waals surface area (Å²) in [5.41, 5.74) is 12.9. The maximum Gasteiger partial charge on any atom is 0.248 e. The molecule has 0 radical (unpaired) electrons. The molecule has 2 amide bonds. The number of rotatable bonds is 6. The Morgan fingerprint density at radius 3 is 2.58 bits per heavy atom. The summed E-state index contributed by atoms with van der Waals surface area (Å²) in [6.45, 7) is 3.85. The van der Waals surface area contributed by atoms with Crippen LogP contribution in [0.4, 0.5) is 5.69 Å². The van der Waals surface area contributed by atoms with E-state index >= 15 is 0 Å². The molecule has 0 heterocycles. The van der Waals surface area contributed by atoms with Crippen LogP contribution in [-0.2, 0) is 4.79 Å². The van der Waals surface area contributed by atoms with Gasteiger partial charge in [-0.15, -0.1) is 0 Å². The first-order chi connectivity index (χ1) is 8.93. The van der Waals surface area contributed by atoms with Crippen LogP contribution in [0.5, 0.6) is 0 Å². The Labute approximate surface area is 113 Å². The van der Waals surface area contributed by atoms with E-state index in [1.54, 1.807) is 18.2 Å². The van der Waals surface area contributed by atoms with Crippen LogP contribution in [0.1, 0.15) is 42.1 Å². The number of primary amides is 1. The molecule has 5 heteroatoms. The zero-order valence-electron chi connectivity index (χ0n) is 11.4. The smallest absolute Gasteiger partial charge is 0.248 e. The molecular formula is C14H21N3O2. The van der Waals surface area contributed by atoms with Gasteiger partial charge in [-0.25, -0.2) is 0 Å². The lowest BCUT2D eigenvalue weighted by molar-refractivity contribution is -0.116. The minimum Gasteiger partial charge on any atom is -0.366 e. The Balaban J connectivity index is 2.67. The number of hydrogen-bond donors (Lipinski definition) is 3. The summed E-state index contributed by atoms with van der Waals surface area (Å²) in [7, 11) is 0. The van der Waals surface area contributed by atoms with E-state index in [0.29, 0.717) is 17.7 Å². The maximum atomic E-state index is 11.8. The zero-order valence-corrected chi connectivity index (χ0v) is 11.4. The fraction of sp³-hybridized carbons (Fsp3) is 0.429. The number of nitrogens with one attached hydrogen (secondary N) is 1. The molecule has 104 valence electrons. The third-order valence-electron chi connectivity index (χ3n) is 2.89. The molecule has 0 bridgehead atoms. The quantitative estimate of drug-likeness (QED) is 0.726. The summed E-state index contributed by atoms with van der Waals surface area (Å²) >= 11 is 0. The van der Waals surface area contributed by atoms with Gasteiger partial charge in [-0.2, -0.15) is 0 Å². The SMILES string of the molecule is CCCC(N)CC(=O)Nc1ccc(C(N)=O)cc1C. The van der Waals surface area contributed by atoms with Crippen molar-refractivity contribution < 1.29 is 9.59 Å². The summed E-state index contributed by atoms with van der Waals surface area (Å²) in [6.07, 6.45) is 2.08. The van der Waals surface area contributed by atoms with Gasteiger partial charge in [0.1, 0.15) is 0 Å². The Kier molecular flexibility index (Phi) is 5.51. The van der Waals surface area contributed by atoms with Gasteiger partial charge >= 0.3 is 0 Å². The van der Waals surface area contributed by atoms with Crippen LogP contribution >= 0.6 is 0 Å². The van der Waals surface area contributed by atoms with Gasteiger partial charge in [-0.05, 0) is 37.1 Å². The van der Waals surface area contributed by atoms with Gasteiger partial charge in [0, 0.05) is 23.7 Å². The van der Waals surface area contributed by atoms with E-state index in [9.17, 15) is 9.59 Å². The average molecular weight is 263 g/mol. The molecule has 0 fully saturated rings. The summed E-state index contributed by atoms with van der Waals surface area (Å²) in [5, 5.41) is 2.79. The fourth-order valence-corrected chi connectivity index (χ4v) is 1.87. The van der Waals surface area contributed by atoms with Crippen molar-refractivity contribution in [2.75, 3.05) is 5.32 Å². The number of nitrogens with two attached hydrogens (primary N) is 2. The molecule has 0 spiro atoms. The fourth-order valence-electron chi connectivity index (χ4n) is 1.87. The number of hydrogen-bond acceptors (Lipinski definition) is 3. The lowest BCUT2D eigenvalue weighted by Gasteiger charge is -2.12. The number of aryl methyl sites for hydroxylation is 1. The molecule has 5 N–H and O–H groups in total. The molecule has 0 aliphatic carbocycles. The second-order valence-corrected chi connectivity index (χ2v) is 4.70. The van der Waals surface area contributed by atoms with Gasteiger partial charge < -0.3 is 16.8 Å². The molecule has 0 aliphatic heterocycles. The van der Waals surface area contributed by atoms with Crippen LogP contribution in [0, 0.1) is 6.92 Å². The van der Waals surface area contributed by atoms with Crippen LogP contribution < -0.4 is 16.8 Å². The van der Waals surface area contributed by atoms with E-state index in [2.05, 4.69) is 5.32 Å². The minimum atomic E-state index is -0.481. The minimum absolute atomic E-state index is 0.115. The van der Waals surface area contributed by atoms with E-state index in [4.69, 9.17) is 11.5 Å². The standard InChI is InChI=1S/C14H21N3O2/c1-3-4-11(15)8-13(18)17-12-6-5-10(14(16)19)7-9(12)2/h5-7,11H,3-4,8,15H2,1-2H3,(H2,16,19)(H,17,18). The summed E-state index contributed by atoms with van der Waals surface area (Å²) < 4.78 is 0. The summed E-state index contributed by atoms with van der Waals surface area (Å²) in [5.74, 6) is -0.596. The molecule has 0 aromatic heterocycles. The molecule has 1 aromatic carbocycles. The van der Waals surface area contributed by atoms with E-state index in [1.165, 1.54) is 0 Å². The van der Waals surface area contributed by atoms with Crippen molar-refractivity contribution in [3.63, 3.8) is 0 Å². The highest BCUT2D eigenvalue weighted by Gasteiger charge is 2.11. The van der Waals surface area contributed by atoms with Gasteiger partial charge in [0.15, 0.2) is 0 Å². The number of carbonyl (C=O) groups is 2. The van der Waals surface area contributed by atoms with Gasteiger partial charge in [0.25, 0.3) is 0 Å². The number of benzene rings is 1. The molecular weight excluding hydrogens is 242 g/mol. The van der Waals surface area contributed by atoms with Crippen LogP contribution in [0.15, 0.2) is 18.2 Å². The average Bonchev–Trinajstić information content (AvgIpc) is 2.31. The monoisotopic (exact) mass is 263 g/mol. The second kappa shape index (κ2) is 6.89. The van der Waals surface area contributed by atoms with Crippen molar-refractivity contribution in [1.29, 1.82) is 0 Å². The van der Waals surface area contributed by atoms with Crippen molar-refractivity contribution >= 4 is 17.5 Å². The van der Waals surface area contributed by atoms with E-state index < -0.39 is 5.91 Å². The van der Waals surface area contributed by atoms with Gasteiger partial charge in [0.05, 0.1) is 0 Å². The van der Waals surface area contributed by atoms with Crippen LogP contribution in [-0.4, -0.2) is 17.9 Å². The molecule has 1 unspecified atom stereocenters. The molecule has 0 saturated carbocycles. The van der Waals surface area contributed by atoms with Crippen LogP contribution in [0.25, 0.3) is 0 Å². The van der Waals surface area contributed by atoms with Gasteiger partial charge in [0.2, 0.25) is 11.8 Å². The van der Waals surface area contributed by atoms with Crippen molar-refractivity contribution in [2.24, 2.45) is 11.5 Å². The van der Waals surface area contributed by atoms with Gasteiger partial charge in [-0.1, -0.05) is 13.3 Å². The first-order valence-electron chi connectivity index (χ1n) is 6.40. The molecule has 1 rings (SSSR count). The first kappa shape index (κ1) is 15.2. The highest BCUT2D eigenvalue weighted by Crippen LogP contribution is 2.17. The third kappa shape index (κ3) is 4.71. The Morgan fingerprint density at radius 1 is 1.37 bits per heavy atom. The largest absolute Gasteiger partial charge is 0.366 e. The third-order valence-corrected chi connectivity index (χ3v) is 2.89. The normalized spacial score (nSPS) is 11.9. The summed E-state index contributed by atoms with van der Waals surface area (Å²) in [6, 6.07) is 4.81. The van der Waals surface area contributed by atoms with E-state index in [1.807, 2.05) is 13.8 Å². The zero-order chi connectivity index (χ0) is 14.4. The Morgan fingerprint density at radius 2 is 2.05 bits per heavy atom. The molecule has 1 aromatic rings. The van der Waals surface area contributed by atoms with E-state index in [0.717, 1.165) is 18.4 Å². The first-order valence-corrected chi connectivity index (χ1v) is 6.40. The molecule has 0 aliphatic rings. The van der Waals surface area contributed by atoms with Crippen molar-refractivity contribution in [1.82, 2.24) is 0 Å². The highest BCUT2D eigenvalue weighted by molar-refractivity contribution is 5.95. The van der Waals surface area contributed by atoms with Crippen molar-refractivity contribution in [3.05, 3.63) is 29.3 Å². The maximum absolute atomic E-state index is 11.8. The molecule has 19 heavy (non-hydrogen) atoms. The number of carbonyl (C=O) groups excluding carboxylic acids is 2. The van der Waals surface area contributed by atoms with Gasteiger partial charge in [-0.3, -0.25) is 9.59 Å². The second-order valence-electron chi connectivity index (χ2n) is 4.70. The van der Waals surface area contributed by atoms with Crippen molar-refractivity contribution in [2.45, 2.75) is 39.2 Å². The summed E-state index contributed by atoms with van der Waals surface area (Å²) in [4.78, 5) is 22.8. The number of anilines is 1. The molecule has 5 nitrogen and oxygen atoms in total. The topological polar surface area (TPSA) is 98.2 Å². The lowest BCUT2D eigenvalue weighted by atomic mass is 10.1. The lowest BCUT2D eigenvalue weighted by Crippen LogP contribution is -2.27. The Bertz CT molecular complexity index is 472. The Hall–Kier alpha value is -1.88. The van der Waals surface area contributed by atoms with Crippen LogP contribution in [0.2, 0.25) is 0 Å². The van der Waals surface area contributed by atoms with Crippen molar-refractivity contribution in [3.8, 4) is 0 Å². The highest BCUT2D eigenvalue weighted by atomic mass is 16.2. The molecule has 0 saturated heterocycles. The predicted octanol–water partition coefficient (Wildman–Crippen LogP) is 1.55. The number of amides is 2. The van der Waals surface area contributed by atoms with Crippen LogP contribution in [0.3, 0.4) is 0 Å². The van der Waals surface area contributed by atoms with E-state index in [-0.39, 0.29) is 11.9 Å². The molecule has 1 atom stereocenters.